The van der Waals surface area contributed by atoms with E-state index in [0.717, 1.165) is 60.4 Å². The fourth-order valence-electron chi connectivity index (χ4n) is 4.03. The van der Waals surface area contributed by atoms with Crippen molar-refractivity contribution < 1.29 is 14.3 Å². The van der Waals surface area contributed by atoms with Gasteiger partial charge in [-0.3, -0.25) is 4.98 Å². The van der Waals surface area contributed by atoms with E-state index in [9.17, 15) is 4.79 Å². The van der Waals surface area contributed by atoms with Crippen LogP contribution in [-0.4, -0.2) is 42.2 Å². The standard InChI is InChI=1S/C25H33N3O3/c1-17(2)31-25(29)28(4)23-11-9-22(10-12-23)27-16-21-14-19(8-13-24(21)30-5)20-7-6-18(3)26-15-20/h6-8,13-15,22-23,27H,1,9-12,16H2,2-5H3. The maximum Gasteiger partial charge on any atom is 0.414 e. The molecule has 6 nitrogen and oxygen atoms in total. The van der Waals surface area contributed by atoms with Crippen LogP contribution >= 0.6 is 0 Å². The summed E-state index contributed by atoms with van der Waals surface area (Å²) in [6, 6.07) is 11.0. The van der Waals surface area contributed by atoms with E-state index in [0.29, 0.717) is 11.8 Å². The molecular formula is C25H33N3O3. The second kappa shape index (κ2) is 10.4. The normalized spacial score (nSPS) is 18.3. The number of pyridine rings is 1. The van der Waals surface area contributed by atoms with Crippen LogP contribution in [0.5, 0.6) is 5.75 Å². The third-order valence-electron chi connectivity index (χ3n) is 5.90. The van der Waals surface area contributed by atoms with Crippen molar-refractivity contribution in [1.82, 2.24) is 15.2 Å². The summed E-state index contributed by atoms with van der Waals surface area (Å²) in [5.74, 6) is 1.30. The van der Waals surface area contributed by atoms with Crippen molar-refractivity contribution in [3.05, 3.63) is 60.1 Å². The number of carbonyl (C=O) groups is 1. The zero-order valence-electron chi connectivity index (χ0n) is 19.0. The lowest BCUT2D eigenvalue weighted by Crippen LogP contribution is -2.43. The summed E-state index contributed by atoms with van der Waals surface area (Å²) in [4.78, 5) is 18.2. The number of hydrogen-bond donors (Lipinski definition) is 1. The molecule has 1 aliphatic rings. The molecule has 0 saturated heterocycles. The van der Waals surface area contributed by atoms with E-state index >= 15 is 0 Å². The van der Waals surface area contributed by atoms with Gasteiger partial charge in [0.15, 0.2) is 0 Å². The first-order valence-corrected chi connectivity index (χ1v) is 10.8. The van der Waals surface area contributed by atoms with Crippen molar-refractivity contribution in [2.24, 2.45) is 0 Å². The number of amides is 1. The van der Waals surface area contributed by atoms with E-state index in [1.165, 1.54) is 0 Å². The average Bonchev–Trinajstić information content (AvgIpc) is 2.77. The van der Waals surface area contributed by atoms with E-state index < -0.39 is 0 Å². The lowest BCUT2D eigenvalue weighted by atomic mass is 9.90. The number of allylic oxidation sites excluding steroid dienone is 1. The first-order valence-electron chi connectivity index (χ1n) is 10.8. The predicted octanol–water partition coefficient (Wildman–Crippen LogP) is 5.07. The number of rotatable bonds is 7. The Kier molecular flexibility index (Phi) is 7.69. The first kappa shape index (κ1) is 22.8. The molecule has 3 rings (SSSR count). The summed E-state index contributed by atoms with van der Waals surface area (Å²) >= 11 is 0. The highest BCUT2D eigenvalue weighted by Gasteiger charge is 2.27. The highest BCUT2D eigenvalue weighted by atomic mass is 16.6. The van der Waals surface area contributed by atoms with Gasteiger partial charge >= 0.3 is 6.09 Å². The molecule has 1 aliphatic carbocycles. The Balaban J connectivity index is 1.58. The minimum atomic E-state index is -0.323. The molecular weight excluding hydrogens is 390 g/mol. The summed E-state index contributed by atoms with van der Waals surface area (Å²) in [5.41, 5.74) is 4.37. The topological polar surface area (TPSA) is 63.7 Å². The van der Waals surface area contributed by atoms with Crippen molar-refractivity contribution in [3.8, 4) is 16.9 Å². The molecule has 166 valence electrons. The molecule has 1 fully saturated rings. The number of aromatic nitrogens is 1. The van der Waals surface area contributed by atoms with Crippen LogP contribution in [0.4, 0.5) is 4.79 Å². The van der Waals surface area contributed by atoms with Gasteiger partial charge in [0.1, 0.15) is 5.75 Å². The van der Waals surface area contributed by atoms with Gasteiger partial charge in [-0.05, 0) is 63.3 Å². The summed E-state index contributed by atoms with van der Waals surface area (Å²) in [6.45, 7) is 8.05. The fourth-order valence-corrected chi connectivity index (χ4v) is 4.03. The summed E-state index contributed by atoms with van der Waals surface area (Å²) in [6.07, 6.45) is 5.51. The number of methoxy groups -OCH3 is 1. The minimum absolute atomic E-state index is 0.205. The molecule has 0 aliphatic heterocycles. The molecule has 2 aromatic rings. The van der Waals surface area contributed by atoms with Crippen molar-refractivity contribution >= 4 is 6.09 Å². The third kappa shape index (κ3) is 6.07. The second-order valence-electron chi connectivity index (χ2n) is 8.28. The maximum atomic E-state index is 12.1. The van der Waals surface area contributed by atoms with Crippen LogP contribution in [0.25, 0.3) is 11.1 Å². The van der Waals surface area contributed by atoms with Crippen LogP contribution in [0.2, 0.25) is 0 Å². The van der Waals surface area contributed by atoms with Crippen molar-refractivity contribution in [3.63, 3.8) is 0 Å². The highest BCUT2D eigenvalue weighted by Crippen LogP contribution is 2.28. The number of carbonyl (C=O) groups excluding carboxylic acids is 1. The lowest BCUT2D eigenvalue weighted by Gasteiger charge is -2.34. The molecule has 1 aromatic carbocycles. The predicted molar refractivity (Wildman–Crippen MR) is 123 cm³/mol. The quantitative estimate of drug-likeness (QED) is 0.630. The Bertz CT molecular complexity index is 903. The molecule has 1 saturated carbocycles. The number of hydrogen-bond acceptors (Lipinski definition) is 5. The van der Waals surface area contributed by atoms with Crippen LogP contribution < -0.4 is 10.1 Å². The average molecular weight is 424 g/mol. The van der Waals surface area contributed by atoms with Gasteiger partial charge in [0.2, 0.25) is 0 Å². The Labute approximate surface area is 185 Å². The summed E-state index contributed by atoms with van der Waals surface area (Å²) in [7, 11) is 3.51. The molecule has 1 heterocycles. The molecule has 1 amide bonds. The van der Waals surface area contributed by atoms with Crippen LogP contribution in [0.1, 0.15) is 43.9 Å². The minimum Gasteiger partial charge on any atom is -0.496 e. The zero-order valence-corrected chi connectivity index (χ0v) is 19.0. The number of benzene rings is 1. The van der Waals surface area contributed by atoms with Gasteiger partial charge in [0.25, 0.3) is 0 Å². The van der Waals surface area contributed by atoms with Crippen LogP contribution in [0.3, 0.4) is 0 Å². The fraction of sp³-hybridized carbons (Fsp3) is 0.440. The maximum absolute atomic E-state index is 12.1. The van der Waals surface area contributed by atoms with Gasteiger partial charge < -0.3 is 19.7 Å². The van der Waals surface area contributed by atoms with Gasteiger partial charge in [-0.1, -0.05) is 18.7 Å². The van der Waals surface area contributed by atoms with Crippen molar-refractivity contribution in [2.75, 3.05) is 14.2 Å². The molecule has 0 unspecified atom stereocenters. The zero-order chi connectivity index (χ0) is 22.4. The molecule has 6 heteroatoms. The molecule has 0 atom stereocenters. The Morgan fingerprint density at radius 1 is 1.19 bits per heavy atom. The molecule has 1 aromatic heterocycles. The summed E-state index contributed by atoms with van der Waals surface area (Å²) < 4.78 is 10.7. The van der Waals surface area contributed by atoms with Gasteiger partial charge in [0, 0.05) is 48.7 Å². The first-order chi connectivity index (χ1) is 14.9. The second-order valence-corrected chi connectivity index (χ2v) is 8.28. The van der Waals surface area contributed by atoms with Crippen LogP contribution in [0, 0.1) is 6.92 Å². The van der Waals surface area contributed by atoms with E-state index in [2.05, 4.69) is 35.1 Å². The molecule has 0 bridgehead atoms. The van der Waals surface area contributed by atoms with Crippen molar-refractivity contribution in [1.29, 1.82) is 0 Å². The van der Waals surface area contributed by atoms with Gasteiger partial charge in [-0.2, -0.15) is 0 Å². The Morgan fingerprint density at radius 2 is 1.90 bits per heavy atom. The molecule has 1 N–H and O–H groups in total. The molecule has 0 spiro atoms. The van der Waals surface area contributed by atoms with Crippen molar-refractivity contribution in [2.45, 2.75) is 58.2 Å². The van der Waals surface area contributed by atoms with E-state index in [1.807, 2.05) is 25.3 Å². The highest BCUT2D eigenvalue weighted by molar-refractivity contribution is 5.68. The Hall–Kier alpha value is -2.86. The van der Waals surface area contributed by atoms with Gasteiger partial charge in [0.05, 0.1) is 12.9 Å². The third-order valence-corrected chi connectivity index (χ3v) is 5.90. The van der Waals surface area contributed by atoms with Gasteiger partial charge in [-0.25, -0.2) is 4.79 Å². The summed E-state index contributed by atoms with van der Waals surface area (Å²) in [5, 5.41) is 3.68. The lowest BCUT2D eigenvalue weighted by molar-refractivity contribution is 0.109. The largest absolute Gasteiger partial charge is 0.496 e. The number of aryl methyl sites for hydroxylation is 1. The van der Waals surface area contributed by atoms with E-state index in [4.69, 9.17) is 9.47 Å². The monoisotopic (exact) mass is 423 g/mol. The molecule has 0 radical (unpaired) electrons. The van der Waals surface area contributed by atoms with Gasteiger partial charge in [-0.15, -0.1) is 0 Å². The van der Waals surface area contributed by atoms with E-state index in [1.54, 1.807) is 26.0 Å². The van der Waals surface area contributed by atoms with Crippen LogP contribution in [-0.2, 0) is 11.3 Å². The van der Waals surface area contributed by atoms with Crippen LogP contribution in [0.15, 0.2) is 48.9 Å². The molecule has 31 heavy (non-hydrogen) atoms. The van der Waals surface area contributed by atoms with E-state index in [-0.39, 0.29) is 12.1 Å². The number of nitrogens with zero attached hydrogens (tertiary/aromatic N) is 2. The number of ether oxygens (including phenoxy) is 2. The number of nitrogens with one attached hydrogen (secondary N) is 1. The smallest absolute Gasteiger partial charge is 0.414 e. The Morgan fingerprint density at radius 3 is 2.52 bits per heavy atom. The SMILES string of the molecule is C=C(C)OC(=O)N(C)C1CCC(NCc2cc(-c3ccc(C)nc3)ccc2OC)CC1.